The molecule has 0 fully saturated rings. The number of hydrogen-bond acceptors (Lipinski definition) is 1. The van der Waals surface area contributed by atoms with Crippen LogP contribution in [0, 0.1) is 0 Å². The number of fused-ring (bicyclic) bond motifs is 1. The molecule has 0 amide bonds. The van der Waals surface area contributed by atoms with Crippen molar-refractivity contribution in [1.29, 1.82) is 0 Å². The molecule has 0 saturated heterocycles. The molecule has 0 aliphatic rings. The molecule has 0 unspecified atom stereocenters. The highest BCUT2D eigenvalue weighted by atomic mass is 32.2. The third-order valence-corrected chi connectivity index (χ3v) is 4.77. The number of rotatable bonds is 5. The summed E-state index contributed by atoms with van der Waals surface area (Å²) in [5.74, 6) is 1.23. The van der Waals surface area contributed by atoms with E-state index in [1.54, 1.807) is 0 Å². The Labute approximate surface area is 128 Å². The van der Waals surface area contributed by atoms with Crippen molar-refractivity contribution in [2.24, 2.45) is 0 Å². The molecule has 0 bridgehead atoms. The molecular formula is C19H26S. The van der Waals surface area contributed by atoms with Crippen molar-refractivity contribution in [3.63, 3.8) is 0 Å². The Bertz CT molecular complexity index is 563. The number of unbranched alkanes of at least 4 members (excludes halogenated alkanes) is 2. The van der Waals surface area contributed by atoms with Crippen molar-refractivity contribution in [1.82, 2.24) is 0 Å². The molecule has 0 spiro atoms. The lowest BCUT2D eigenvalue weighted by atomic mass is 9.86. The zero-order valence-electron chi connectivity index (χ0n) is 13.2. The summed E-state index contributed by atoms with van der Waals surface area (Å²) in [5, 5.41) is 2.72. The van der Waals surface area contributed by atoms with Gasteiger partial charge in [0.05, 0.1) is 0 Å². The highest BCUT2D eigenvalue weighted by Gasteiger charge is 2.13. The maximum absolute atomic E-state index is 2.35. The first kappa shape index (κ1) is 15.4. The van der Waals surface area contributed by atoms with Crippen LogP contribution in [0.3, 0.4) is 0 Å². The van der Waals surface area contributed by atoms with Gasteiger partial charge in [-0.25, -0.2) is 0 Å². The van der Waals surface area contributed by atoms with Gasteiger partial charge in [0.1, 0.15) is 0 Å². The zero-order chi connectivity index (χ0) is 14.6. The Balaban J connectivity index is 2.18. The van der Waals surface area contributed by atoms with Gasteiger partial charge in [-0.2, -0.15) is 0 Å². The molecule has 0 heterocycles. The molecule has 108 valence electrons. The van der Waals surface area contributed by atoms with Gasteiger partial charge >= 0.3 is 0 Å². The molecule has 1 heteroatoms. The SMILES string of the molecule is CCCCCSc1ccc2ccc(C(C)(C)C)cc2c1. The topological polar surface area (TPSA) is 0 Å². The van der Waals surface area contributed by atoms with Gasteiger partial charge in [-0.15, -0.1) is 11.8 Å². The van der Waals surface area contributed by atoms with Crippen LogP contribution in [0.15, 0.2) is 41.3 Å². The fourth-order valence-corrected chi connectivity index (χ4v) is 3.28. The fraction of sp³-hybridized carbons (Fsp3) is 0.474. The average Bonchev–Trinajstić information content (AvgIpc) is 2.42. The monoisotopic (exact) mass is 286 g/mol. The largest absolute Gasteiger partial charge is 0.126 e. The van der Waals surface area contributed by atoms with Crippen molar-refractivity contribution >= 4 is 22.5 Å². The molecule has 0 radical (unpaired) electrons. The van der Waals surface area contributed by atoms with E-state index in [2.05, 4.69) is 64.1 Å². The lowest BCUT2D eigenvalue weighted by Crippen LogP contribution is -2.10. The van der Waals surface area contributed by atoms with Crippen molar-refractivity contribution in [2.45, 2.75) is 57.3 Å². The van der Waals surface area contributed by atoms with E-state index in [1.807, 2.05) is 11.8 Å². The zero-order valence-corrected chi connectivity index (χ0v) is 14.0. The molecule has 0 nitrogen and oxygen atoms in total. The molecule has 0 saturated carbocycles. The van der Waals surface area contributed by atoms with Gasteiger partial charge in [-0.3, -0.25) is 0 Å². The lowest BCUT2D eigenvalue weighted by Gasteiger charge is -2.19. The maximum atomic E-state index is 2.35. The highest BCUT2D eigenvalue weighted by molar-refractivity contribution is 7.99. The first-order valence-corrected chi connectivity index (χ1v) is 8.66. The Hall–Kier alpha value is -0.950. The van der Waals surface area contributed by atoms with E-state index in [0.29, 0.717) is 0 Å². The van der Waals surface area contributed by atoms with Gasteiger partial charge in [-0.1, -0.05) is 64.8 Å². The predicted molar refractivity (Wildman–Crippen MR) is 92.9 cm³/mol. The van der Waals surface area contributed by atoms with Crippen LogP contribution in [0.2, 0.25) is 0 Å². The fourth-order valence-electron chi connectivity index (χ4n) is 2.32. The lowest BCUT2D eigenvalue weighted by molar-refractivity contribution is 0.591. The summed E-state index contributed by atoms with van der Waals surface area (Å²) >= 11 is 1.99. The molecule has 0 aliphatic carbocycles. The summed E-state index contributed by atoms with van der Waals surface area (Å²) in [6, 6.07) is 13.7. The molecule has 2 aromatic rings. The Morgan fingerprint density at radius 2 is 1.65 bits per heavy atom. The van der Waals surface area contributed by atoms with E-state index in [-0.39, 0.29) is 5.41 Å². The van der Waals surface area contributed by atoms with E-state index in [9.17, 15) is 0 Å². The van der Waals surface area contributed by atoms with Gasteiger partial charge in [0.15, 0.2) is 0 Å². The third kappa shape index (κ3) is 4.02. The molecule has 0 aliphatic heterocycles. The van der Waals surface area contributed by atoms with Crippen LogP contribution in [0.5, 0.6) is 0 Å². The van der Waals surface area contributed by atoms with E-state index < -0.39 is 0 Å². The van der Waals surface area contributed by atoms with E-state index in [1.165, 1.54) is 46.2 Å². The van der Waals surface area contributed by atoms with Gasteiger partial charge in [0.25, 0.3) is 0 Å². The molecule has 20 heavy (non-hydrogen) atoms. The minimum Gasteiger partial charge on any atom is -0.126 e. The van der Waals surface area contributed by atoms with Gasteiger partial charge in [0.2, 0.25) is 0 Å². The van der Waals surface area contributed by atoms with Crippen molar-refractivity contribution in [3.8, 4) is 0 Å². The smallest absolute Gasteiger partial charge is 0.00783 e. The molecule has 0 atom stereocenters. The Kier molecular flexibility index (Phi) is 5.15. The Morgan fingerprint density at radius 1 is 0.900 bits per heavy atom. The van der Waals surface area contributed by atoms with Gasteiger partial charge < -0.3 is 0 Å². The second kappa shape index (κ2) is 6.67. The normalized spacial score (nSPS) is 12.0. The third-order valence-electron chi connectivity index (χ3n) is 3.69. The molecule has 2 rings (SSSR count). The molecular weight excluding hydrogens is 260 g/mol. The van der Waals surface area contributed by atoms with E-state index in [4.69, 9.17) is 0 Å². The summed E-state index contributed by atoms with van der Waals surface area (Å²) in [7, 11) is 0. The molecule has 0 aromatic heterocycles. The first-order chi connectivity index (χ1) is 9.50. The van der Waals surface area contributed by atoms with Crippen LogP contribution >= 0.6 is 11.8 Å². The summed E-state index contributed by atoms with van der Waals surface area (Å²) in [6.07, 6.45) is 3.96. The summed E-state index contributed by atoms with van der Waals surface area (Å²) in [4.78, 5) is 1.40. The van der Waals surface area contributed by atoms with Crippen LogP contribution in [0.4, 0.5) is 0 Å². The minimum atomic E-state index is 0.221. The summed E-state index contributed by atoms with van der Waals surface area (Å²) < 4.78 is 0. The quantitative estimate of drug-likeness (QED) is 0.451. The van der Waals surface area contributed by atoms with Crippen molar-refractivity contribution in [3.05, 3.63) is 42.0 Å². The number of hydrogen-bond donors (Lipinski definition) is 0. The Morgan fingerprint density at radius 3 is 2.35 bits per heavy atom. The number of thioether (sulfide) groups is 1. The van der Waals surface area contributed by atoms with Gasteiger partial charge in [0, 0.05) is 4.90 Å². The maximum Gasteiger partial charge on any atom is 0.00783 e. The first-order valence-electron chi connectivity index (χ1n) is 7.68. The van der Waals surface area contributed by atoms with Crippen LogP contribution in [0.25, 0.3) is 10.8 Å². The molecule has 2 aromatic carbocycles. The molecule has 0 N–H and O–H groups in total. The minimum absolute atomic E-state index is 0.221. The van der Waals surface area contributed by atoms with Crippen molar-refractivity contribution < 1.29 is 0 Å². The van der Waals surface area contributed by atoms with Crippen LogP contribution < -0.4 is 0 Å². The van der Waals surface area contributed by atoms with Crippen LogP contribution in [0.1, 0.15) is 52.5 Å². The second-order valence-electron chi connectivity index (χ2n) is 6.53. The van der Waals surface area contributed by atoms with E-state index >= 15 is 0 Å². The van der Waals surface area contributed by atoms with Gasteiger partial charge in [-0.05, 0) is 46.1 Å². The van der Waals surface area contributed by atoms with Crippen molar-refractivity contribution in [2.75, 3.05) is 5.75 Å². The average molecular weight is 286 g/mol. The van der Waals surface area contributed by atoms with Crippen LogP contribution in [-0.2, 0) is 5.41 Å². The highest BCUT2D eigenvalue weighted by Crippen LogP contribution is 2.29. The summed E-state index contributed by atoms with van der Waals surface area (Å²) in [6.45, 7) is 9.08. The second-order valence-corrected chi connectivity index (χ2v) is 7.70. The number of benzene rings is 2. The van der Waals surface area contributed by atoms with E-state index in [0.717, 1.165) is 0 Å². The summed E-state index contributed by atoms with van der Waals surface area (Å²) in [5.41, 5.74) is 1.64. The predicted octanol–water partition coefficient (Wildman–Crippen LogP) is 6.42. The standard InChI is InChI=1S/C19H26S/c1-5-6-7-12-20-18-11-9-15-8-10-17(19(2,3)4)13-16(15)14-18/h8-11,13-14H,5-7,12H2,1-4H3. The van der Waals surface area contributed by atoms with Crippen LogP contribution in [-0.4, -0.2) is 5.75 Å².